The number of benzene rings is 1. The molecule has 1 atom stereocenters. The summed E-state index contributed by atoms with van der Waals surface area (Å²) in [5.74, 6) is 0.639. The average molecular weight is 485 g/mol. The first-order chi connectivity index (χ1) is 16.2. The zero-order chi connectivity index (χ0) is 24.5. The van der Waals surface area contributed by atoms with Gasteiger partial charge in [-0.15, -0.1) is 0 Å². The highest BCUT2D eigenvalue weighted by Gasteiger charge is 2.31. The Bertz CT molecular complexity index is 1190. The Balaban J connectivity index is 1.31. The summed E-state index contributed by atoms with van der Waals surface area (Å²) in [5, 5.41) is 2.92. The van der Waals surface area contributed by atoms with Gasteiger partial charge < -0.3 is 10.2 Å². The highest BCUT2D eigenvalue weighted by molar-refractivity contribution is 7.89. The maximum Gasteiger partial charge on any atom is 0.240 e. The van der Waals surface area contributed by atoms with Crippen LogP contribution in [-0.2, 0) is 26.0 Å². The van der Waals surface area contributed by atoms with Gasteiger partial charge in [0.15, 0.2) is 0 Å². The van der Waals surface area contributed by atoms with Crippen LogP contribution >= 0.6 is 0 Å². The molecule has 9 heteroatoms. The summed E-state index contributed by atoms with van der Waals surface area (Å²) in [5.41, 5.74) is 2.59. The van der Waals surface area contributed by atoms with Gasteiger partial charge in [-0.25, -0.2) is 18.1 Å². The topological polar surface area (TPSA) is 108 Å². The first-order valence-corrected chi connectivity index (χ1v) is 13.3. The van der Waals surface area contributed by atoms with Crippen LogP contribution in [0.2, 0.25) is 0 Å². The van der Waals surface area contributed by atoms with Crippen molar-refractivity contribution in [3.8, 4) is 0 Å². The maximum absolute atomic E-state index is 12.9. The number of anilines is 2. The third-order valence-electron chi connectivity index (χ3n) is 6.95. The summed E-state index contributed by atoms with van der Waals surface area (Å²) in [6.45, 7) is 5.74. The van der Waals surface area contributed by atoms with Gasteiger partial charge in [0.05, 0.1) is 4.90 Å². The van der Waals surface area contributed by atoms with Crippen LogP contribution in [0, 0.1) is 18.8 Å². The number of aromatic nitrogens is 1. The predicted molar refractivity (Wildman–Crippen MR) is 131 cm³/mol. The van der Waals surface area contributed by atoms with Crippen LogP contribution in [0.4, 0.5) is 11.5 Å². The lowest BCUT2D eigenvalue weighted by Crippen LogP contribution is -2.34. The van der Waals surface area contributed by atoms with Crippen molar-refractivity contribution < 1.29 is 18.0 Å². The number of hydrogen-bond acceptors (Lipinski definition) is 5. The Morgan fingerprint density at radius 1 is 1.15 bits per heavy atom. The lowest BCUT2D eigenvalue weighted by Gasteiger charge is -2.28. The molecular formula is C25H32N4O4S. The number of nitrogens with zero attached hydrogens (tertiary/aromatic N) is 2. The van der Waals surface area contributed by atoms with E-state index in [0.717, 1.165) is 42.5 Å². The fourth-order valence-electron chi connectivity index (χ4n) is 5.03. The fourth-order valence-corrected chi connectivity index (χ4v) is 6.20. The standard InChI is InChI=1S/C25H32N4O4S/c1-16-5-4-12-26-24(16)28-25(31)20-8-6-19(7-9-20)15-27-34(32,33)22-10-11-23-21(14-22)13-17(2)29(23)18(3)30/h4-5,10-12,14,17,19-20,27H,6-9,13,15H2,1-3H3,(H,26,28,31)/t17-,19?,20?/m0/s1. The maximum atomic E-state index is 12.9. The molecule has 1 aliphatic carbocycles. The number of sulfonamides is 1. The van der Waals surface area contributed by atoms with Crippen molar-refractivity contribution in [3.63, 3.8) is 0 Å². The Morgan fingerprint density at radius 2 is 1.88 bits per heavy atom. The molecule has 2 heterocycles. The molecule has 0 unspecified atom stereocenters. The van der Waals surface area contributed by atoms with Crippen molar-refractivity contribution in [2.75, 3.05) is 16.8 Å². The Morgan fingerprint density at radius 3 is 2.56 bits per heavy atom. The van der Waals surface area contributed by atoms with Crippen LogP contribution < -0.4 is 14.9 Å². The Labute approximate surface area is 201 Å². The minimum absolute atomic E-state index is 0.0206. The molecule has 1 fully saturated rings. The van der Waals surface area contributed by atoms with Crippen molar-refractivity contribution in [3.05, 3.63) is 47.7 Å². The van der Waals surface area contributed by atoms with Crippen molar-refractivity contribution in [1.29, 1.82) is 0 Å². The summed E-state index contributed by atoms with van der Waals surface area (Å²) >= 11 is 0. The number of amides is 2. The third kappa shape index (κ3) is 5.15. The Kier molecular flexibility index (Phi) is 7.04. The van der Waals surface area contributed by atoms with Gasteiger partial charge in [-0.05, 0) is 87.3 Å². The minimum Gasteiger partial charge on any atom is -0.310 e. The monoisotopic (exact) mass is 484 g/mol. The summed E-state index contributed by atoms with van der Waals surface area (Å²) in [4.78, 5) is 30.7. The van der Waals surface area contributed by atoms with Gasteiger partial charge >= 0.3 is 0 Å². The Hall–Kier alpha value is -2.78. The first kappa shape index (κ1) is 24.3. The number of rotatable bonds is 6. The fraction of sp³-hybridized carbons (Fsp3) is 0.480. The summed E-state index contributed by atoms with van der Waals surface area (Å²) in [6, 6.07) is 8.73. The molecule has 2 amide bonds. The molecule has 0 saturated heterocycles. The minimum atomic E-state index is -3.65. The number of carbonyl (C=O) groups is 2. The SMILES string of the molecule is CC(=O)N1c2ccc(S(=O)(=O)NCC3CCC(C(=O)Nc4ncccc4C)CC3)cc2C[C@@H]1C. The zero-order valence-electron chi connectivity index (χ0n) is 19.9. The molecule has 2 N–H and O–H groups in total. The number of nitrogens with one attached hydrogen (secondary N) is 2. The van der Waals surface area contributed by atoms with Crippen LogP contribution in [0.15, 0.2) is 41.4 Å². The molecule has 0 radical (unpaired) electrons. The molecule has 0 bridgehead atoms. The second-order valence-corrected chi connectivity index (χ2v) is 11.2. The van der Waals surface area contributed by atoms with E-state index < -0.39 is 10.0 Å². The number of carbonyl (C=O) groups excluding carboxylic acids is 2. The quantitative estimate of drug-likeness (QED) is 0.653. The molecule has 1 aliphatic heterocycles. The second kappa shape index (κ2) is 9.84. The molecule has 34 heavy (non-hydrogen) atoms. The van der Waals surface area contributed by atoms with Crippen molar-refractivity contribution in [1.82, 2.24) is 9.71 Å². The van der Waals surface area contributed by atoms with Crippen LogP contribution in [0.3, 0.4) is 0 Å². The largest absolute Gasteiger partial charge is 0.310 e. The average Bonchev–Trinajstić information content (AvgIpc) is 3.14. The molecule has 0 spiro atoms. The van der Waals surface area contributed by atoms with Crippen molar-refractivity contribution in [2.45, 2.75) is 63.8 Å². The van der Waals surface area contributed by atoms with Gasteiger partial charge in [0.1, 0.15) is 5.82 Å². The van der Waals surface area contributed by atoms with E-state index in [1.807, 2.05) is 26.0 Å². The smallest absolute Gasteiger partial charge is 0.240 e. The van der Waals surface area contributed by atoms with Crippen LogP contribution in [0.5, 0.6) is 0 Å². The normalized spacial score (nSPS) is 22.3. The number of hydrogen-bond donors (Lipinski definition) is 2. The van der Waals surface area contributed by atoms with E-state index >= 15 is 0 Å². The van der Waals surface area contributed by atoms with Crippen LogP contribution in [0.1, 0.15) is 50.7 Å². The molecule has 4 rings (SSSR count). The lowest BCUT2D eigenvalue weighted by atomic mass is 9.81. The third-order valence-corrected chi connectivity index (χ3v) is 8.37. The van der Waals surface area contributed by atoms with Crippen molar-refractivity contribution in [2.24, 2.45) is 11.8 Å². The van der Waals surface area contributed by atoms with E-state index in [2.05, 4.69) is 15.0 Å². The summed E-state index contributed by atoms with van der Waals surface area (Å²) in [7, 11) is -3.65. The number of fused-ring (bicyclic) bond motifs is 1. The molecule has 1 aromatic heterocycles. The molecule has 8 nitrogen and oxygen atoms in total. The highest BCUT2D eigenvalue weighted by Crippen LogP contribution is 2.34. The first-order valence-electron chi connectivity index (χ1n) is 11.8. The second-order valence-electron chi connectivity index (χ2n) is 9.46. The predicted octanol–water partition coefficient (Wildman–Crippen LogP) is 3.41. The van der Waals surface area contributed by atoms with E-state index in [1.165, 1.54) is 6.92 Å². The highest BCUT2D eigenvalue weighted by atomic mass is 32.2. The zero-order valence-corrected chi connectivity index (χ0v) is 20.7. The molecule has 1 aromatic carbocycles. The van der Waals surface area contributed by atoms with E-state index in [-0.39, 0.29) is 34.6 Å². The molecule has 2 aliphatic rings. The van der Waals surface area contributed by atoms with Crippen molar-refractivity contribution >= 4 is 33.3 Å². The van der Waals surface area contributed by atoms with Gasteiger partial charge in [-0.3, -0.25) is 9.59 Å². The van der Waals surface area contributed by atoms with E-state index in [0.29, 0.717) is 18.8 Å². The molecular weight excluding hydrogens is 452 g/mol. The van der Waals surface area contributed by atoms with Gasteiger partial charge in [-0.1, -0.05) is 6.07 Å². The molecule has 182 valence electrons. The van der Waals surface area contributed by atoms with Gasteiger partial charge in [0, 0.05) is 37.3 Å². The molecule has 1 saturated carbocycles. The van der Waals surface area contributed by atoms with E-state index in [1.54, 1.807) is 29.3 Å². The number of pyridine rings is 1. The van der Waals surface area contributed by atoms with Gasteiger partial charge in [-0.2, -0.15) is 0 Å². The summed E-state index contributed by atoms with van der Waals surface area (Å²) in [6.07, 6.45) is 5.33. The van der Waals surface area contributed by atoms with Gasteiger partial charge in [0.25, 0.3) is 0 Å². The van der Waals surface area contributed by atoms with Crippen LogP contribution in [-0.4, -0.2) is 37.8 Å². The summed E-state index contributed by atoms with van der Waals surface area (Å²) < 4.78 is 28.6. The number of aryl methyl sites for hydroxylation is 1. The molecule has 2 aromatic rings. The lowest BCUT2D eigenvalue weighted by molar-refractivity contribution is -0.121. The van der Waals surface area contributed by atoms with Gasteiger partial charge in [0.2, 0.25) is 21.8 Å². The van der Waals surface area contributed by atoms with Crippen LogP contribution in [0.25, 0.3) is 0 Å². The van der Waals surface area contributed by atoms with E-state index in [4.69, 9.17) is 0 Å². The van der Waals surface area contributed by atoms with E-state index in [9.17, 15) is 18.0 Å².